The maximum absolute atomic E-state index is 3.48. The lowest BCUT2D eigenvalue weighted by Crippen LogP contribution is -2.23. The van der Waals surface area contributed by atoms with E-state index in [4.69, 9.17) is 0 Å². The van der Waals surface area contributed by atoms with E-state index in [1.807, 2.05) is 41.5 Å². The van der Waals surface area contributed by atoms with Crippen molar-refractivity contribution in [3.63, 3.8) is 0 Å². The first-order valence-electron chi connectivity index (χ1n) is 7.87. The maximum Gasteiger partial charge on any atom is 0.0517 e. The van der Waals surface area contributed by atoms with Gasteiger partial charge in [0.05, 0.1) is 6.04 Å². The zero-order valence-electron chi connectivity index (χ0n) is 14.6. The Balaban J connectivity index is -0.000000425. The normalized spacial score (nSPS) is 17.1. The van der Waals surface area contributed by atoms with Crippen LogP contribution >= 0.6 is 30.1 Å². The average Bonchev–Trinajstić information content (AvgIpc) is 3.03. The van der Waals surface area contributed by atoms with Crippen LogP contribution in [0.3, 0.4) is 0 Å². The number of hydrogen-bond donors (Lipinski definition) is 1. The van der Waals surface area contributed by atoms with Crippen LogP contribution in [0, 0.1) is 0 Å². The van der Waals surface area contributed by atoms with E-state index >= 15 is 0 Å². The lowest BCUT2D eigenvalue weighted by Gasteiger charge is -2.09. The molecule has 0 bridgehead atoms. The minimum Gasteiger partial charge on any atom is -0.302 e. The molecule has 0 aromatic rings. The van der Waals surface area contributed by atoms with Crippen LogP contribution in [-0.4, -0.2) is 12.6 Å². The first kappa shape index (κ1) is 25.2. The molecule has 1 N–H and O–H groups in total. The molecule has 20 heavy (non-hydrogen) atoms. The lowest BCUT2D eigenvalue weighted by molar-refractivity contribution is 0.757. The standard InChI is InChI=1S/C11H16INS.3C2H6/c1-3-5-6-9(4-2)11-7-10(14-12)8-13-11;3*1-2/h4-7,11,13H,3,8H2,1-2H3;3*1-2H3/b6-5-,9-4+;;;. The van der Waals surface area contributed by atoms with Crippen molar-refractivity contribution in [2.75, 3.05) is 6.54 Å². The summed E-state index contributed by atoms with van der Waals surface area (Å²) in [6, 6.07) is 0.417. The Morgan fingerprint density at radius 1 is 1.30 bits per heavy atom. The number of nitrogens with one attached hydrogen (secondary N) is 1. The molecule has 0 aromatic carbocycles. The predicted octanol–water partition coefficient (Wildman–Crippen LogP) is 6.92. The highest BCUT2D eigenvalue weighted by Gasteiger charge is 2.16. The van der Waals surface area contributed by atoms with Crippen molar-refractivity contribution in [1.29, 1.82) is 0 Å². The number of hydrogen-bond acceptors (Lipinski definition) is 2. The summed E-state index contributed by atoms with van der Waals surface area (Å²) in [6.45, 7) is 17.3. The number of halogens is 1. The molecular weight excluding hydrogens is 377 g/mol. The SMILES string of the molecule is C/C=C(\C=C/CC)C1C=C(SI)CN1.CC.CC.CC. The fourth-order valence-electron chi connectivity index (χ4n) is 1.41. The van der Waals surface area contributed by atoms with Gasteiger partial charge in [-0.2, -0.15) is 0 Å². The minimum absolute atomic E-state index is 0.417. The lowest BCUT2D eigenvalue weighted by atomic mass is 10.1. The van der Waals surface area contributed by atoms with Gasteiger partial charge in [-0.05, 0) is 18.9 Å². The van der Waals surface area contributed by atoms with Gasteiger partial charge in [-0.15, -0.1) is 0 Å². The molecule has 1 unspecified atom stereocenters. The molecule has 120 valence electrons. The third kappa shape index (κ3) is 12.0. The van der Waals surface area contributed by atoms with Gasteiger partial charge in [0.2, 0.25) is 0 Å². The van der Waals surface area contributed by atoms with E-state index in [9.17, 15) is 0 Å². The fraction of sp³-hybridized carbons (Fsp3) is 0.647. The van der Waals surface area contributed by atoms with Gasteiger partial charge in [-0.3, -0.25) is 0 Å². The summed E-state index contributed by atoms with van der Waals surface area (Å²) in [5.41, 5.74) is 1.37. The molecule has 1 rings (SSSR count). The maximum atomic E-state index is 3.48. The fourth-order valence-corrected chi connectivity index (χ4v) is 2.65. The molecule has 1 aliphatic rings. The summed E-state index contributed by atoms with van der Waals surface area (Å²) >= 11 is 2.33. The van der Waals surface area contributed by atoms with E-state index in [0.29, 0.717) is 6.04 Å². The van der Waals surface area contributed by atoms with Crippen LogP contribution in [0.1, 0.15) is 61.8 Å². The topological polar surface area (TPSA) is 12.0 Å². The van der Waals surface area contributed by atoms with Crippen molar-refractivity contribution in [2.45, 2.75) is 67.9 Å². The Bertz CT molecular complexity index is 270. The highest BCUT2D eigenvalue weighted by Crippen LogP contribution is 2.28. The van der Waals surface area contributed by atoms with E-state index in [1.54, 1.807) is 8.93 Å². The third-order valence-electron chi connectivity index (χ3n) is 2.19. The highest BCUT2D eigenvalue weighted by molar-refractivity contribution is 14.2. The Kier molecular flexibility index (Phi) is 27.2. The van der Waals surface area contributed by atoms with Gasteiger partial charge in [-0.25, -0.2) is 0 Å². The molecule has 0 saturated heterocycles. The molecule has 0 fully saturated rings. The van der Waals surface area contributed by atoms with Crippen molar-refractivity contribution < 1.29 is 0 Å². The van der Waals surface area contributed by atoms with Gasteiger partial charge in [0.1, 0.15) is 0 Å². The molecule has 0 saturated carbocycles. The predicted molar refractivity (Wildman–Crippen MR) is 109 cm³/mol. The summed E-state index contributed by atoms with van der Waals surface area (Å²) < 4.78 is 0. The van der Waals surface area contributed by atoms with Gasteiger partial charge in [0, 0.05) is 32.7 Å². The second-order valence-corrected chi connectivity index (χ2v) is 5.17. The van der Waals surface area contributed by atoms with E-state index in [2.05, 4.69) is 64.7 Å². The zero-order valence-corrected chi connectivity index (χ0v) is 17.6. The van der Waals surface area contributed by atoms with Crippen molar-refractivity contribution in [2.24, 2.45) is 0 Å². The van der Waals surface area contributed by atoms with Gasteiger partial charge >= 0.3 is 0 Å². The Morgan fingerprint density at radius 2 is 1.85 bits per heavy atom. The van der Waals surface area contributed by atoms with Crippen molar-refractivity contribution in [3.8, 4) is 0 Å². The van der Waals surface area contributed by atoms with E-state index in [-0.39, 0.29) is 0 Å². The summed E-state index contributed by atoms with van der Waals surface area (Å²) in [4.78, 5) is 1.43. The van der Waals surface area contributed by atoms with Gasteiger partial charge in [-0.1, -0.05) is 81.7 Å². The molecule has 0 aromatic heterocycles. The molecule has 0 amide bonds. The Labute approximate surface area is 144 Å². The average molecular weight is 411 g/mol. The zero-order chi connectivity index (χ0) is 16.4. The first-order valence-corrected chi connectivity index (χ1v) is 11.2. The summed E-state index contributed by atoms with van der Waals surface area (Å²) in [7, 11) is 1.81. The molecule has 3 heteroatoms. The quantitative estimate of drug-likeness (QED) is 0.398. The Morgan fingerprint density at radius 3 is 2.20 bits per heavy atom. The highest BCUT2D eigenvalue weighted by atomic mass is 127. The molecule has 0 spiro atoms. The van der Waals surface area contributed by atoms with E-state index in [0.717, 1.165) is 13.0 Å². The second kappa shape index (κ2) is 21.6. The van der Waals surface area contributed by atoms with Gasteiger partial charge in [0.15, 0.2) is 0 Å². The molecule has 1 heterocycles. The van der Waals surface area contributed by atoms with Crippen LogP contribution in [0.5, 0.6) is 0 Å². The van der Waals surface area contributed by atoms with Crippen molar-refractivity contribution >= 4 is 30.1 Å². The van der Waals surface area contributed by atoms with Crippen LogP contribution in [0.25, 0.3) is 0 Å². The summed E-state index contributed by atoms with van der Waals surface area (Å²) in [6.07, 6.45) is 10.0. The van der Waals surface area contributed by atoms with Crippen LogP contribution < -0.4 is 5.32 Å². The van der Waals surface area contributed by atoms with Crippen LogP contribution in [0.4, 0.5) is 0 Å². The van der Waals surface area contributed by atoms with E-state index in [1.165, 1.54) is 10.5 Å². The summed E-state index contributed by atoms with van der Waals surface area (Å²) in [5.74, 6) is 0. The van der Waals surface area contributed by atoms with Crippen molar-refractivity contribution in [3.05, 3.63) is 34.8 Å². The smallest absolute Gasteiger partial charge is 0.0517 e. The van der Waals surface area contributed by atoms with Crippen molar-refractivity contribution in [1.82, 2.24) is 5.32 Å². The molecule has 0 radical (unpaired) electrons. The van der Waals surface area contributed by atoms with Gasteiger partial charge in [0.25, 0.3) is 0 Å². The monoisotopic (exact) mass is 411 g/mol. The molecule has 1 aliphatic heterocycles. The molecular formula is C17H34INS. The third-order valence-corrected chi connectivity index (χ3v) is 4.36. The second-order valence-electron chi connectivity index (χ2n) is 3.17. The Hall–Kier alpha value is 0.260. The molecule has 0 aliphatic carbocycles. The van der Waals surface area contributed by atoms with Crippen LogP contribution in [-0.2, 0) is 0 Å². The molecule has 1 atom stereocenters. The number of allylic oxidation sites excluding steroid dienone is 2. The minimum atomic E-state index is 0.417. The van der Waals surface area contributed by atoms with Crippen LogP contribution in [0.15, 0.2) is 34.8 Å². The summed E-state index contributed by atoms with van der Waals surface area (Å²) in [5, 5.41) is 3.48. The van der Waals surface area contributed by atoms with Crippen LogP contribution in [0.2, 0.25) is 0 Å². The molecule has 1 nitrogen and oxygen atoms in total. The first-order chi connectivity index (χ1) is 9.81. The number of rotatable bonds is 4. The largest absolute Gasteiger partial charge is 0.302 e. The van der Waals surface area contributed by atoms with Gasteiger partial charge < -0.3 is 5.32 Å². The van der Waals surface area contributed by atoms with E-state index < -0.39 is 0 Å².